The van der Waals surface area contributed by atoms with Crippen molar-refractivity contribution in [3.63, 3.8) is 0 Å². The van der Waals surface area contributed by atoms with Crippen LogP contribution in [0, 0.1) is 0 Å². The summed E-state index contributed by atoms with van der Waals surface area (Å²) >= 11 is 0. The molecule has 1 aromatic carbocycles. The number of nitrogen functional groups attached to an aromatic ring is 1. The van der Waals surface area contributed by atoms with Crippen LogP contribution in [0.1, 0.15) is 37.1 Å². The van der Waals surface area contributed by atoms with E-state index in [1.54, 1.807) is 29.7 Å². The lowest BCUT2D eigenvalue weighted by molar-refractivity contribution is -0.149. The van der Waals surface area contributed by atoms with Gasteiger partial charge in [-0.25, -0.2) is 20.0 Å². The van der Waals surface area contributed by atoms with Gasteiger partial charge in [-0.15, -0.1) is 0 Å². The van der Waals surface area contributed by atoms with Gasteiger partial charge in [0.15, 0.2) is 11.5 Å². The molecule has 0 aliphatic heterocycles. The molecule has 3 atom stereocenters. The Hall–Kier alpha value is -3.01. The Kier molecular flexibility index (Phi) is 5.39. The molecule has 2 heterocycles. The number of carbonyl (C=O) groups is 1. The highest BCUT2D eigenvalue weighted by Crippen LogP contribution is 2.44. The predicted molar refractivity (Wildman–Crippen MR) is 124 cm³/mol. The molecule has 33 heavy (non-hydrogen) atoms. The van der Waals surface area contributed by atoms with Crippen molar-refractivity contribution in [2.45, 2.75) is 52.3 Å². The molecule has 0 spiro atoms. The number of rotatable bonds is 11. The van der Waals surface area contributed by atoms with Gasteiger partial charge in [0.1, 0.15) is 30.0 Å². The number of hydrogen-bond donors (Lipinski definition) is 2. The van der Waals surface area contributed by atoms with Crippen molar-refractivity contribution in [2.75, 3.05) is 12.1 Å². The maximum atomic E-state index is 13.8. The number of fused-ring (bicyclic) bond motifs is 1. The fraction of sp³-hybridized carbons (Fsp3) is 0.429. The zero-order valence-electron chi connectivity index (χ0n) is 25.0. The highest BCUT2D eigenvalue weighted by atomic mass is 31.2. The molecule has 3 rings (SSSR count). The van der Waals surface area contributed by atoms with E-state index in [-0.39, 0.29) is 18.1 Å². The highest BCUT2D eigenvalue weighted by molar-refractivity contribution is 7.57. The minimum Gasteiger partial charge on any atom is -0.462 e. The molecular formula is C21H29N6O5P. The first-order chi connectivity index (χ1) is 18.5. The molecule has 1 unspecified atom stereocenters. The summed E-state index contributed by atoms with van der Waals surface area (Å²) in [5, 5.41) is 2.45. The zero-order valence-corrected chi connectivity index (χ0v) is 18.9. The van der Waals surface area contributed by atoms with Crippen LogP contribution in [-0.2, 0) is 25.4 Å². The molecule has 12 heteroatoms. The number of ether oxygens (including phenoxy) is 2. The molecule has 0 amide bonds. The number of aromatic nitrogens is 4. The molecule has 0 saturated heterocycles. The average molecular weight is 484 g/mol. The second kappa shape index (κ2) is 10.7. The van der Waals surface area contributed by atoms with Crippen LogP contribution in [0.25, 0.3) is 11.2 Å². The second-order valence-corrected chi connectivity index (χ2v) is 9.16. The standard InChI is InChI=1S/C21H29N6O5P/c1-14(2)31-21(28)16(4)26-33(29,32-17-8-6-5-7-9-17)13-30-15(3)10-27-12-25-18-19(22)23-11-24-20(18)27/h5-9,11-12,14-16H,10,13H2,1-4H3,(H,26,29)(H2,22,23,24)/t15-,16+,33?/m1/s1/i1D3,2D3,14D. The first-order valence-electron chi connectivity index (χ1n) is 13.3. The fourth-order valence-corrected chi connectivity index (χ4v) is 4.65. The van der Waals surface area contributed by atoms with Crippen molar-refractivity contribution in [3.8, 4) is 5.75 Å². The van der Waals surface area contributed by atoms with Gasteiger partial charge in [0.2, 0.25) is 0 Å². The summed E-state index contributed by atoms with van der Waals surface area (Å²) in [6, 6.07) is 6.42. The van der Waals surface area contributed by atoms with Crippen LogP contribution in [0.2, 0.25) is 0 Å². The van der Waals surface area contributed by atoms with Crippen LogP contribution in [-0.4, -0.2) is 50.1 Å². The Morgan fingerprint density at radius 3 is 2.76 bits per heavy atom. The van der Waals surface area contributed by atoms with Crippen LogP contribution in [0.15, 0.2) is 43.0 Å². The minimum atomic E-state index is -4.08. The fourth-order valence-electron chi connectivity index (χ4n) is 2.87. The van der Waals surface area contributed by atoms with Gasteiger partial charge in [-0.3, -0.25) is 9.36 Å². The van der Waals surface area contributed by atoms with Crippen molar-refractivity contribution < 1.29 is 33.0 Å². The molecule has 0 fully saturated rings. The number of carbonyl (C=O) groups excluding carboxylic acids is 1. The Morgan fingerprint density at radius 1 is 1.27 bits per heavy atom. The maximum absolute atomic E-state index is 13.8. The SMILES string of the molecule is [2H]C([2H])([2H])C([2H])(OC(=O)[C@H](C)NP(=O)(CO[C@H](C)Cn1cnc2c(N)ncnc21)Oc1ccccc1)C([2H])([2H])[2H]. The number of esters is 1. The van der Waals surface area contributed by atoms with E-state index in [0.717, 1.165) is 6.92 Å². The third-order valence-corrected chi connectivity index (χ3v) is 6.13. The van der Waals surface area contributed by atoms with E-state index in [2.05, 4.69) is 24.8 Å². The lowest BCUT2D eigenvalue weighted by atomic mass is 10.3. The number of imidazole rings is 1. The third kappa shape index (κ3) is 6.74. The molecule has 11 nitrogen and oxygen atoms in total. The predicted octanol–water partition coefficient (Wildman–Crippen LogP) is 2.97. The Labute approximate surface area is 202 Å². The number of nitrogens with two attached hydrogens (primary N) is 1. The van der Waals surface area contributed by atoms with Crippen molar-refractivity contribution in [1.29, 1.82) is 0 Å². The third-order valence-electron chi connectivity index (χ3n) is 4.35. The van der Waals surface area contributed by atoms with Gasteiger partial charge in [-0.05, 0) is 39.7 Å². The Balaban J connectivity index is 1.76. The smallest absolute Gasteiger partial charge is 0.342 e. The van der Waals surface area contributed by atoms with Gasteiger partial charge in [0, 0.05) is 8.22 Å². The summed E-state index contributed by atoms with van der Waals surface area (Å²) in [5.41, 5.74) is 6.68. The molecular weight excluding hydrogens is 447 g/mol. The number of para-hydroxylation sites is 1. The minimum absolute atomic E-state index is 0.169. The van der Waals surface area contributed by atoms with E-state index in [0.29, 0.717) is 11.2 Å². The second-order valence-electron chi connectivity index (χ2n) is 7.11. The van der Waals surface area contributed by atoms with Crippen molar-refractivity contribution in [3.05, 3.63) is 43.0 Å². The van der Waals surface area contributed by atoms with Crippen LogP contribution >= 0.6 is 7.52 Å². The van der Waals surface area contributed by atoms with Gasteiger partial charge in [-0.1, -0.05) is 18.2 Å². The van der Waals surface area contributed by atoms with Crippen molar-refractivity contribution in [2.24, 2.45) is 0 Å². The molecule has 3 aromatic rings. The summed E-state index contributed by atoms with van der Waals surface area (Å²) in [5.74, 6) is -1.06. The van der Waals surface area contributed by atoms with E-state index in [9.17, 15) is 9.36 Å². The normalized spacial score (nSPS) is 19.4. The molecule has 0 aliphatic carbocycles. The van der Waals surface area contributed by atoms with E-state index >= 15 is 0 Å². The van der Waals surface area contributed by atoms with E-state index in [1.165, 1.54) is 24.8 Å². The summed E-state index contributed by atoms with van der Waals surface area (Å²) < 4.78 is 84.1. The van der Waals surface area contributed by atoms with Crippen LogP contribution in [0.5, 0.6) is 5.75 Å². The molecule has 0 aliphatic rings. The number of benzene rings is 1. The summed E-state index contributed by atoms with van der Waals surface area (Å²) in [4.78, 5) is 24.9. The van der Waals surface area contributed by atoms with Gasteiger partial charge >= 0.3 is 13.5 Å². The zero-order chi connectivity index (χ0) is 29.9. The largest absolute Gasteiger partial charge is 0.462 e. The van der Waals surface area contributed by atoms with Crippen LogP contribution < -0.4 is 15.3 Å². The number of nitrogens with zero attached hydrogens (tertiary/aromatic N) is 4. The van der Waals surface area contributed by atoms with Gasteiger partial charge in [-0.2, -0.15) is 0 Å². The quantitative estimate of drug-likeness (QED) is 0.308. The maximum Gasteiger partial charge on any atom is 0.342 e. The number of nitrogens with one attached hydrogen (secondary N) is 1. The van der Waals surface area contributed by atoms with Crippen LogP contribution in [0.4, 0.5) is 5.82 Å². The Bertz CT molecular complexity index is 1360. The average Bonchev–Trinajstić information content (AvgIpc) is 3.26. The van der Waals surface area contributed by atoms with E-state index < -0.39 is 51.8 Å². The molecule has 2 aromatic heterocycles. The molecule has 0 bridgehead atoms. The van der Waals surface area contributed by atoms with Crippen molar-refractivity contribution in [1.82, 2.24) is 24.6 Å². The van der Waals surface area contributed by atoms with E-state index in [1.807, 2.05) is 0 Å². The van der Waals surface area contributed by atoms with Gasteiger partial charge in [0.25, 0.3) is 0 Å². The lowest BCUT2D eigenvalue weighted by Crippen LogP contribution is -2.37. The molecule has 3 N–H and O–H groups in total. The molecule has 178 valence electrons. The first kappa shape index (κ1) is 16.6. The summed E-state index contributed by atoms with van der Waals surface area (Å²) in [6.45, 7) is -3.93. The number of anilines is 1. The topological polar surface area (TPSA) is 143 Å². The highest BCUT2D eigenvalue weighted by Gasteiger charge is 2.32. The van der Waals surface area contributed by atoms with Crippen molar-refractivity contribution >= 4 is 30.5 Å². The monoisotopic (exact) mass is 483 g/mol. The lowest BCUT2D eigenvalue weighted by Gasteiger charge is -2.25. The summed E-state index contributed by atoms with van der Waals surface area (Å²) in [6.07, 6.45) is -1.91. The van der Waals surface area contributed by atoms with Crippen LogP contribution in [0.3, 0.4) is 0 Å². The van der Waals surface area contributed by atoms with E-state index in [4.69, 9.17) is 24.6 Å². The molecule has 0 radical (unpaired) electrons. The van der Waals surface area contributed by atoms with Gasteiger partial charge in [0.05, 0.1) is 26.4 Å². The summed E-state index contributed by atoms with van der Waals surface area (Å²) in [7, 11) is -4.08. The molecule has 0 saturated carbocycles. The van der Waals surface area contributed by atoms with Gasteiger partial charge < -0.3 is 24.3 Å². The number of hydrogen-bond acceptors (Lipinski definition) is 9. The Morgan fingerprint density at radius 2 is 2.03 bits per heavy atom. The first-order valence-corrected chi connectivity index (χ1v) is 11.6.